The van der Waals surface area contributed by atoms with Gasteiger partial charge in [0.2, 0.25) is 10.0 Å². The molecule has 0 radical (unpaired) electrons. The average Bonchev–Trinajstić information content (AvgIpc) is 2.69. The highest BCUT2D eigenvalue weighted by atomic mass is 127. The van der Waals surface area contributed by atoms with Gasteiger partial charge in [-0.1, -0.05) is 13.0 Å². The zero-order valence-electron chi connectivity index (χ0n) is 19.4. The van der Waals surface area contributed by atoms with E-state index in [2.05, 4.69) is 15.6 Å². The smallest absolute Gasteiger partial charge is 0.211 e. The summed E-state index contributed by atoms with van der Waals surface area (Å²) >= 11 is 0. The van der Waals surface area contributed by atoms with Crippen LogP contribution in [-0.4, -0.2) is 70.9 Å². The van der Waals surface area contributed by atoms with Crippen molar-refractivity contribution in [3.8, 4) is 11.5 Å². The number of hydrogen-bond donors (Lipinski definition) is 2. The minimum atomic E-state index is -3.15. The number of benzene rings is 1. The average molecular weight is 571 g/mol. The Morgan fingerprint density at radius 2 is 1.74 bits per heavy atom. The molecule has 0 atom stereocenters. The van der Waals surface area contributed by atoms with Crippen LogP contribution in [0.4, 0.5) is 0 Å². The van der Waals surface area contributed by atoms with Gasteiger partial charge in [0.25, 0.3) is 0 Å². The van der Waals surface area contributed by atoms with Crippen LogP contribution in [0.3, 0.4) is 0 Å². The zero-order valence-corrected chi connectivity index (χ0v) is 22.6. The van der Waals surface area contributed by atoms with E-state index in [0.717, 1.165) is 42.5 Å². The largest absolute Gasteiger partial charge is 0.490 e. The van der Waals surface area contributed by atoms with Crippen LogP contribution in [0.5, 0.6) is 11.5 Å². The second kappa shape index (κ2) is 16.4. The molecule has 1 aromatic rings. The summed E-state index contributed by atoms with van der Waals surface area (Å²) < 4.78 is 36.0. The molecule has 0 saturated heterocycles. The second-order valence-electron chi connectivity index (χ2n) is 6.69. The Morgan fingerprint density at radius 3 is 2.32 bits per heavy atom. The molecule has 0 spiro atoms. The van der Waals surface area contributed by atoms with E-state index in [4.69, 9.17) is 9.47 Å². The monoisotopic (exact) mass is 570 g/mol. The maximum atomic E-state index is 11.6. The number of nitrogens with zero attached hydrogens (tertiary/aromatic N) is 2. The zero-order chi connectivity index (χ0) is 22.4. The van der Waals surface area contributed by atoms with Crippen molar-refractivity contribution >= 4 is 40.0 Å². The molecule has 180 valence electrons. The van der Waals surface area contributed by atoms with Crippen molar-refractivity contribution < 1.29 is 17.9 Å². The summed E-state index contributed by atoms with van der Waals surface area (Å²) in [5.74, 6) is 2.26. The molecular weight excluding hydrogens is 531 g/mol. The number of sulfonamides is 1. The van der Waals surface area contributed by atoms with Gasteiger partial charge in [0.15, 0.2) is 17.5 Å². The minimum absolute atomic E-state index is 0. The van der Waals surface area contributed by atoms with Crippen molar-refractivity contribution in [1.29, 1.82) is 0 Å². The lowest BCUT2D eigenvalue weighted by Crippen LogP contribution is -2.38. The first-order valence-corrected chi connectivity index (χ1v) is 12.6. The summed E-state index contributed by atoms with van der Waals surface area (Å²) in [6.45, 7) is 11.9. The van der Waals surface area contributed by atoms with E-state index in [9.17, 15) is 8.42 Å². The van der Waals surface area contributed by atoms with E-state index in [1.807, 2.05) is 45.9 Å². The summed E-state index contributed by atoms with van der Waals surface area (Å²) in [7, 11) is -3.15. The number of nitrogens with one attached hydrogen (secondary N) is 2. The maximum absolute atomic E-state index is 11.6. The Labute approximate surface area is 205 Å². The van der Waals surface area contributed by atoms with Gasteiger partial charge >= 0.3 is 0 Å². The lowest BCUT2D eigenvalue weighted by Gasteiger charge is -2.17. The fourth-order valence-electron chi connectivity index (χ4n) is 2.91. The third-order valence-electron chi connectivity index (χ3n) is 4.32. The van der Waals surface area contributed by atoms with Crippen LogP contribution in [0.25, 0.3) is 0 Å². The van der Waals surface area contributed by atoms with E-state index in [1.165, 1.54) is 10.6 Å². The van der Waals surface area contributed by atoms with Crippen molar-refractivity contribution in [1.82, 2.24) is 14.9 Å². The SMILES string of the molecule is CCNC(=NCCCN(CC)S(C)(=O)=O)NCCc1ccc(OCC)c(OCC)c1.I. The molecule has 31 heavy (non-hydrogen) atoms. The fraction of sp³-hybridized carbons (Fsp3) is 0.667. The molecule has 0 unspecified atom stereocenters. The van der Waals surface area contributed by atoms with Crippen LogP contribution in [0.2, 0.25) is 0 Å². The number of aliphatic imine (C=N–C) groups is 1. The maximum Gasteiger partial charge on any atom is 0.211 e. The van der Waals surface area contributed by atoms with E-state index in [1.54, 1.807) is 0 Å². The highest BCUT2D eigenvalue weighted by molar-refractivity contribution is 14.0. The Kier molecular flexibility index (Phi) is 15.7. The minimum Gasteiger partial charge on any atom is -0.490 e. The van der Waals surface area contributed by atoms with Gasteiger partial charge in [-0.25, -0.2) is 12.7 Å². The molecule has 8 nitrogen and oxygen atoms in total. The van der Waals surface area contributed by atoms with Crippen LogP contribution in [0.1, 0.15) is 39.7 Å². The molecule has 1 aromatic carbocycles. The van der Waals surface area contributed by atoms with Gasteiger partial charge in [-0.05, 0) is 51.3 Å². The first kappa shape index (κ1) is 29.7. The topological polar surface area (TPSA) is 92.3 Å². The van der Waals surface area contributed by atoms with E-state index in [0.29, 0.717) is 39.3 Å². The van der Waals surface area contributed by atoms with Crippen molar-refractivity contribution in [2.75, 3.05) is 52.2 Å². The summed E-state index contributed by atoms with van der Waals surface area (Å²) in [5.41, 5.74) is 1.15. The number of halogens is 1. The van der Waals surface area contributed by atoms with Gasteiger partial charge in [-0.3, -0.25) is 4.99 Å². The molecule has 0 heterocycles. The van der Waals surface area contributed by atoms with E-state index in [-0.39, 0.29) is 24.0 Å². The van der Waals surface area contributed by atoms with Crippen LogP contribution >= 0.6 is 24.0 Å². The van der Waals surface area contributed by atoms with Gasteiger partial charge < -0.3 is 20.1 Å². The number of guanidine groups is 1. The Bertz CT molecular complexity index is 760. The summed E-state index contributed by atoms with van der Waals surface area (Å²) in [6.07, 6.45) is 2.73. The molecule has 2 N–H and O–H groups in total. The molecule has 0 aromatic heterocycles. The van der Waals surface area contributed by atoms with Gasteiger partial charge in [0.05, 0.1) is 19.5 Å². The summed E-state index contributed by atoms with van der Waals surface area (Å²) in [4.78, 5) is 4.55. The van der Waals surface area contributed by atoms with Crippen molar-refractivity contribution in [3.05, 3.63) is 23.8 Å². The lowest BCUT2D eigenvalue weighted by atomic mass is 10.1. The van der Waals surface area contributed by atoms with Crippen LogP contribution < -0.4 is 20.1 Å². The molecule has 0 amide bonds. The molecule has 0 saturated carbocycles. The van der Waals surface area contributed by atoms with Crippen molar-refractivity contribution in [2.45, 2.75) is 40.5 Å². The van der Waals surface area contributed by atoms with Crippen molar-refractivity contribution in [3.63, 3.8) is 0 Å². The molecular formula is C21H39IN4O4S. The summed E-state index contributed by atoms with van der Waals surface area (Å²) in [6, 6.07) is 6.01. The first-order chi connectivity index (χ1) is 14.3. The molecule has 1 rings (SSSR count). The third kappa shape index (κ3) is 11.8. The van der Waals surface area contributed by atoms with Gasteiger partial charge in [-0.2, -0.15) is 0 Å². The van der Waals surface area contributed by atoms with Crippen LogP contribution in [-0.2, 0) is 16.4 Å². The standard InChI is InChI=1S/C21H38N4O4S.HI/c1-6-22-21(23-14-10-16-25(7-2)30(5,26)27)24-15-13-18-11-12-19(28-8-3)20(17-18)29-9-4;/h11-12,17H,6-10,13-16H2,1-5H3,(H2,22,23,24);1H. The number of hydrogen-bond acceptors (Lipinski definition) is 5. The first-order valence-electron chi connectivity index (χ1n) is 10.7. The Hall–Kier alpha value is -1.27. The highest BCUT2D eigenvalue weighted by Gasteiger charge is 2.13. The molecule has 0 fully saturated rings. The predicted molar refractivity (Wildman–Crippen MR) is 139 cm³/mol. The quantitative estimate of drug-likeness (QED) is 0.155. The van der Waals surface area contributed by atoms with Crippen molar-refractivity contribution in [2.24, 2.45) is 4.99 Å². The molecule has 0 aliphatic carbocycles. The number of rotatable bonds is 14. The third-order valence-corrected chi connectivity index (χ3v) is 5.69. The Morgan fingerprint density at radius 1 is 1.06 bits per heavy atom. The van der Waals surface area contributed by atoms with E-state index >= 15 is 0 Å². The molecule has 0 bridgehead atoms. The highest BCUT2D eigenvalue weighted by Crippen LogP contribution is 2.28. The normalized spacial score (nSPS) is 11.7. The molecule has 10 heteroatoms. The van der Waals surface area contributed by atoms with Crippen LogP contribution in [0, 0.1) is 0 Å². The number of ether oxygens (including phenoxy) is 2. The molecule has 0 aliphatic heterocycles. The second-order valence-corrected chi connectivity index (χ2v) is 8.68. The van der Waals surface area contributed by atoms with Gasteiger partial charge in [0, 0.05) is 32.7 Å². The Balaban J connectivity index is 0.00000900. The lowest BCUT2D eigenvalue weighted by molar-refractivity contribution is 0.287. The molecule has 0 aliphatic rings. The summed E-state index contributed by atoms with van der Waals surface area (Å²) in [5, 5.41) is 6.55. The van der Waals surface area contributed by atoms with Crippen LogP contribution in [0.15, 0.2) is 23.2 Å². The predicted octanol–water partition coefficient (Wildman–Crippen LogP) is 2.87. The van der Waals surface area contributed by atoms with Gasteiger partial charge in [-0.15, -0.1) is 24.0 Å². The fourth-order valence-corrected chi connectivity index (χ4v) is 3.84. The van der Waals surface area contributed by atoms with E-state index < -0.39 is 10.0 Å². The van der Waals surface area contributed by atoms with Gasteiger partial charge in [0.1, 0.15) is 0 Å².